The van der Waals surface area contributed by atoms with Crippen molar-refractivity contribution in [2.24, 2.45) is 0 Å². The summed E-state index contributed by atoms with van der Waals surface area (Å²) in [6.07, 6.45) is 3.82. The third-order valence-corrected chi connectivity index (χ3v) is 4.57. The van der Waals surface area contributed by atoms with Gasteiger partial charge in [-0.1, -0.05) is 6.92 Å². The van der Waals surface area contributed by atoms with Crippen LogP contribution in [0, 0.1) is 0 Å². The van der Waals surface area contributed by atoms with Crippen molar-refractivity contribution in [1.82, 2.24) is 4.98 Å². The Labute approximate surface area is 102 Å². The van der Waals surface area contributed by atoms with E-state index in [2.05, 4.69) is 46.9 Å². The van der Waals surface area contributed by atoms with Gasteiger partial charge in [0, 0.05) is 30.6 Å². The molecule has 0 spiro atoms. The summed E-state index contributed by atoms with van der Waals surface area (Å²) in [6, 6.07) is 2.75. The maximum absolute atomic E-state index is 4.28. The number of pyridine rings is 1. The largest absolute Gasteiger partial charge is 0.387 e. The lowest BCUT2D eigenvalue weighted by Gasteiger charge is -2.39. The van der Waals surface area contributed by atoms with E-state index in [4.69, 9.17) is 0 Å². The molecule has 1 saturated heterocycles. The third kappa shape index (κ3) is 2.26. The number of anilines is 2. The van der Waals surface area contributed by atoms with Crippen LogP contribution in [0.4, 0.5) is 11.4 Å². The average molecular weight is 237 g/mol. The molecule has 0 saturated carbocycles. The Balaban J connectivity index is 2.21. The second-order valence-electron chi connectivity index (χ2n) is 4.19. The number of nitrogens with zero attached hydrogens (tertiary/aromatic N) is 2. The van der Waals surface area contributed by atoms with Crippen molar-refractivity contribution in [2.45, 2.75) is 25.1 Å². The van der Waals surface area contributed by atoms with E-state index in [-0.39, 0.29) is 0 Å². The number of thioether (sulfide) groups is 1. The first-order valence-corrected chi connectivity index (χ1v) is 6.78. The minimum atomic E-state index is 0.577. The topological polar surface area (TPSA) is 28.2 Å². The Hall–Kier alpha value is -0.900. The SMILES string of the molecule is CNc1cncc(N2CCSC(C)C2C)c1. The van der Waals surface area contributed by atoms with Gasteiger partial charge in [0.1, 0.15) is 0 Å². The van der Waals surface area contributed by atoms with Crippen molar-refractivity contribution >= 4 is 23.1 Å². The van der Waals surface area contributed by atoms with Crippen molar-refractivity contribution < 1.29 is 0 Å². The number of rotatable bonds is 2. The molecule has 1 N–H and O–H groups in total. The Morgan fingerprint density at radius 1 is 1.44 bits per heavy atom. The summed E-state index contributed by atoms with van der Waals surface area (Å²) in [6.45, 7) is 5.71. The summed E-state index contributed by atoms with van der Waals surface area (Å²) in [5, 5.41) is 3.83. The van der Waals surface area contributed by atoms with Crippen LogP contribution in [0.15, 0.2) is 18.5 Å². The van der Waals surface area contributed by atoms with Crippen LogP contribution in [-0.4, -0.2) is 35.6 Å². The fourth-order valence-electron chi connectivity index (χ4n) is 2.02. The second kappa shape index (κ2) is 4.95. The molecule has 1 aliphatic rings. The van der Waals surface area contributed by atoms with Gasteiger partial charge in [-0.15, -0.1) is 0 Å². The van der Waals surface area contributed by atoms with Gasteiger partial charge in [0.2, 0.25) is 0 Å². The highest BCUT2D eigenvalue weighted by Crippen LogP contribution is 2.29. The summed E-state index contributed by atoms with van der Waals surface area (Å²) >= 11 is 2.06. The zero-order chi connectivity index (χ0) is 11.5. The van der Waals surface area contributed by atoms with E-state index in [1.54, 1.807) is 0 Å². The van der Waals surface area contributed by atoms with Crippen molar-refractivity contribution in [3.8, 4) is 0 Å². The summed E-state index contributed by atoms with van der Waals surface area (Å²) in [5.74, 6) is 1.20. The summed E-state index contributed by atoms with van der Waals surface area (Å²) < 4.78 is 0. The smallest absolute Gasteiger partial charge is 0.0576 e. The normalized spacial score (nSPS) is 25.6. The minimum absolute atomic E-state index is 0.577. The molecule has 88 valence electrons. The van der Waals surface area contributed by atoms with Crippen LogP contribution in [0.25, 0.3) is 0 Å². The molecule has 1 aromatic heterocycles. The van der Waals surface area contributed by atoms with E-state index in [9.17, 15) is 0 Å². The van der Waals surface area contributed by atoms with Gasteiger partial charge in [-0.05, 0) is 13.0 Å². The van der Waals surface area contributed by atoms with Crippen LogP contribution in [-0.2, 0) is 0 Å². The number of hydrogen-bond donors (Lipinski definition) is 1. The quantitative estimate of drug-likeness (QED) is 0.855. The summed E-state index contributed by atoms with van der Waals surface area (Å²) in [7, 11) is 1.93. The lowest BCUT2D eigenvalue weighted by molar-refractivity contribution is 0.626. The van der Waals surface area contributed by atoms with E-state index in [1.807, 2.05) is 19.4 Å². The molecular formula is C12H19N3S. The van der Waals surface area contributed by atoms with E-state index in [0.717, 1.165) is 12.2 Å². The minimum Gasteiger partial charge on any atom is -0.387 e. The molecule has 2 heterocycles. The average Bonchev–Trinajstić information content (AvgIpc) is 2.33. The molecule has 0 radical (unpaired) electrons. The molecule has 3 nitrogen and oxygen atoms in total. The zero-order valence-electron chi connectivity index (χ0n) is 10.1. The monoisotopic (exact) mass is 237 g/mol. The molecule has 2 rings (SSSR count). The maximum atomic E-state index is 4.28. The molecule has 0 aliphatic carbocycles. The van der Waals surface area contributed by atoms with Gasteiger partial charge in [-0.25, -0.2) is 0 Å². The van der Waals surface area contributed by atoms with Crippen LogP contribution in [0.5, 0.6) is 0 Å². The molecule has 4 heteroatoms. The highest BCUT2D eigenvalue weighted by Gasteiger charge is 2.25. The Kier molecular flexibility index (Phi) is 3.59. The first kappa shape index (κ1) is 11.6. The van der Waals surface area contributed by atoms with E-state index >= 15 is 0 Å². The van der Waals surface area contributed by atoms with Gasteiger partial charge in [0.05, 0.1) is 23.8 Å². The van der Waals surface area contributed by atoms with Crippen LogP contribution < -0.4 is 10.2 Å². The van der Waals surface area contributed by atoms with Gasteiger partial charge in [0.15, 0.2) is 0 Å². The Morgan fingerprint density at radius 2 is 2.25 bits per heavy atom. The van der Waals surface area contributed by atoms with Crippen molar-refractivity contribution in [3.05, 3.63) is 18.5 Å². The van der Waals surface area contributed by atoms with E-state index < -0.39 is 0 Å². The second-order valence-corrected chi connectivity index (χ2v) is 5.68. The molecule has 1 aliphatic heterocycles. The first-order valence-electron chi connectivity index (χ1n) is 5.73. The molecule has 2 unspecified atom stereocenters. The highest BCUT2D eigenvalue weighted by atomic mass is 32.2. The van der Waals surface area contributed by atoms with Crippen LogP contribution >= 0.6 is 11.8 Å². The van der Waals surface area contributed by atoms with Crippen molar-refractivity contribution in [2.75, 3.05) is 29.6 Å². The van der Waals surface area contributed by atoms with Gasteiger partial charge >= 0.3 is 0 Å². The Morgan fingerprint density at radius 3 is 3.00 bits per heavy atom. The number of hydrogen-bond acceptors (Lipinski definition) is 4. The molecule has 16 heavy (non-hydrogen) atoms. The maximum Gasteiger partial charge on any atom is 0.0576 e. The molecule has 1 fully saturated rings. The highest BCUT2D eigenvalue weighted by molar-refractivity contribution is 8.00. The van der Waals surface area contributed by atoms with Crippen molar-refractivity contribution in [1.29, 1.82) is 0 Å². The zero-order valence-corrected chi connectivity index (χ0v) is 10.9. The molecule has 1 aromatic rings. The number of aromatic nitrogens is 1. The third-order valence-electron chi connectivity index (χ3n) is 3.23. The summed E-state index contributed by atoms with van der Waals surface area (Å²) in [5.41, 5.74) is 2.31. The van der Waals surface area contributed by atoms with Gasteiger partial charge in [0.25, 0.3) is 0 Å². The molecule has 0 bridgehead atoms. The Bertz CT molecular complexity index is 356. The predicted molar refractivity (Wildman–Crippen MR) is 72.5 cm³/mol. The first-order chi connectivity index (χ1) is 7.72. The summed E-state index contributed by atoms with van der Waals surface area (Å²) in [4.78, 5) is 6.73. The van der Waals surface area contributed by atoms with Crippen LogP contribution in [0.3, 0.4) is 0 Å². The lowest BCUT2D eigenvalue weighted by atomic mass is 10.2. The van der Waals surface area contributed by atoms with E-state index in [0.29, 0.717) is 11.3 Å². The van der Waals surface area contributed by atoms with Gasteiger partial charge < -0.3 is 10.2 Å². The van der Waals surface area contributed by atoms with Crippen LogP contribution in [0.1, 0.15) is 13.8 Å². The predicted octanol–water partition coefficient (Wildman–Crippen LogP) is 2.45. The lowest BCUT2D eigenvalue weighted by Crippen LogP contribution is -2.44. The fraction of sp³-hybridized carbons (Fsp3) is 0.583. The van der Waals surface area contributed by atoms with Gasteiger partial charge in [-0.3, -0.25) is 4.98 Å². The van der Waals surface area contributed by atoms with Gasteiger partial charge in [-0.2, -0.15) is 11.8 Å². The molecule has 2 atom stereocenters. The van der Waals surface area contributed by atoms with Crippen LogP contribution in [0.2, 0.25) is 0 Å². The number of nitrogens with one attached hydrogen (secondary N) is 1. The van der Waals surface area contributed by atoms with E-state index in [1.165, 1.54) is 11.4 Å². The molecular weight excluding hydrogens is 218 g/mol. The van der Waals surface area contributed by atoms with Crippen molar-refractivity contribution in [3.63, 3.8) is 0 Å². The molecule has 0 aromatic carbocycles. The molecule has 0 amide bonds. The fourth-order valence-corrected chi connectivity index (χ4v) is 3.12. The standard InChI is InChI=1S/C12H19N3S/c1-9-10(2)16-5-4-15(9)12-6-11(13-3)7-14-8-12/h6-10,13H,4-5H2,1-3H3.